The highest BCUT2D eigenvalue weighted by Crippen LogP contribution is 2.40. The third kappa shape index (κ3) is 7.48. The maximum Gasteiger partial charge on any atom is 0.323 e. The number of hydrogen-bond donors (Lipinski definition) is 2. The summed E-state index contributed by atoms with van der Waals surface area (Å²) >= 11 is 14.0. The first-order chi connectivity index (χ1) is 24.8. The number of esters is 1. The lowest BCUT2D eigenvalue weighted by Gasteiger charge is -2.24. The number of methoxy groups -OCH3 is 2. The summed E-state index contributed by atoms with van der Waals surface area (Å²) in [5, 5.41) is 13.5. The number of carbonyl (C=O) groups excluding carboxylic acids is 2. The molecule has 51 heavy (non-hydrogen) atoms. The summed E-state index contributed by atoms with van der Waals surface area (Å²) in [6, 6.07) is 24.6. The van der Waals surface area contributed by atoms with Crippen molar-refractivity contribution in [2.24, 2.45) is 0 Å². The molecule has 0 unspecified atom stereocenters. The van der Waals surface area contributed by atoms with Gasteiger partial charge in [-0.3, -0.25) is 19.2 Å². The van der Waals surface area contributed by atoms with Crippen molar-refractivity contribution < 1.29 is 19.1 Å². The molecular weight excluding hydrogens is 685 g/mol. The third-order valence-corrected chi connectivity index (χ3v) is 10.8. The molecule has 4 aromatic carbocycles. The third-order valence-electron chi connectivity index (χ3n) is 10.0. The number of likely N-dealkylation sites (tertiary alicyclic amines) is 1. The highest BCUT2D eigenvalue weighted by molar-refractivity contribution is 6.36. The predicted octanol–water partition coefficient (Wildman–Crippen LogP) is 7.24. The standard InChI is InChI=1S/C40H41Cl2N5O4/c1-50-37-19-27(34(41)18-28(37)23-46-17-5-10-36(46)40(49)51-2)24-47-35-9-4-7-31(33(35)22-44-47)32-8-3-6-30(39(32)42)26-13-11-25(12-14-26)20-43-21-29-15-16-38(48)45-29/h3-4,6-9,11-14,18-19,22,29,36,43H,5,10,15-17,20-21,23-24H2,1-2H3,(H,45,48)/t29-,36-/m0/s1. The number of hydrogen-bond acceptors (Lipinski definition) is 7. The van der Waals surface area contributed by atoms with Gasteiger partial charge in [-0.05, 0) is 66.3 Å². The molecule has 7 rings (SSSR count). The van der Waals surface area contributed by atoms with Crippen molar-refractivity contribution in [3.05, 3.63) is 106 Å². The molecule has 2 saturated heterocycles. The number of carbonyl (C=O) groups is 2. The number of nitrogens with zero attached hydrogens (tertiary/aromatic N) is 3. The summed E-state index contributed by atoms with van der Waals surface area (Å²) in [4.78, 5) is 25.9. The maximum absolute atomic E-state index is 12.3. The number of rotatable bonds is 12. The molecule has 1 aromatic heterocycles. The van der Waals surface area contributed by atoms with Crippen molar-refractivity contribution in [3.63, 3.8) is 0 Å². The van der Waals surface area contributed by atoms with Gasteiger partial charge in [-0.2, -0.15) is 5.10 Å². The molecule has 2 aliphatic heterocycles. The van der Waals surface area contributed by atoms with E-state index in [0.717, 1.165) is 83.2 Å². The lowest BCUT2D eigenvalue weighted by molar-refractivity contribution is -0.146. The molecule has 2 fully saturated rings. The van der Waals surface area contributed by atoms with Gasteiger partial charge in [0.2, 0.25) is 5.91 Å². The summed E-state index contributed by atoms with van der Waals surface area (Å²) in [6.07, 6.45) is 5.09. The van der Waals surface area contributed by atoms with Crippen LogP contribution in [0.4, 0.5) is 0 Å². The Morgan fingerprint density at radius 1 is 0.961 bits per heavy atom. The predicted molar refractivity (Wildman–Crippen MR) is 201 cm³/mol. The van der Waals surface area contributed by atoms with Crippen LogP contribution in [-0.4, -0.2) is 65.9 Å². The van der Waals surface area contributed by atoms with Crippen LogP contribution in [0.5, 0.6) is 5.75 Å². The Kier molecular flexibility index (Phi) is 10.6. The average molecular weight is 727 g/mol. The normalized spacial score (nSPS) is 17.6. The van der Waals surface area contributed by atoms with Crippen LogP contribution in [0.2, 0.25) is 10.0 Å². The highest BCUT2D eigenvalue weighted by atomic mass is 35.5. The van der Waals surface area contributed by atoms with E-state index in [2.05, 4.69) is 51.9 Å². The van der Waals surface area contributed by atoms with E-state index in [1.54, 1.807) is 7.11 Å². The lowest BCUT2D eigenvalue weighted by Crippen LogP contribution is -2.36. The van der Waals surface area contributed by atoms with E-state index >= 15 is 0 Å². The molecule has 0 bridgehead atoms. The fourth-order valence-electron chi connectivity index (χ4n) is 7.32. The first-order valence-electron chi connectivity index (χ1n) is 17.3. The Morgan fingerprint density at radius 2 is 1.75 bits per heavy atom. The number of aromatic nitrogens is 2. The van der Waals surface area contributed by atoms with Crippen LogP contribution >= 0.6 is 23.2 Å². The molecule has 1 amide bonds. The number of amides is 1. The zero-order valence-electron chi connectivity index (χ0n) is 28.8. The zero-order valence-corrected chi connectivity index (χ0v) is 30.3. The van der Waals surface area contributed by atoms with Crippen LogP contribution in [0, 0.1) is 0 Å². The Balaban J connectivity index is 1.09. The average Bonchev–Trinajstić information content (AvgIpc) is 3.90. The number of benzene rings is 4. The first kappa shape index (κ1) is 35.0. The van der Waals surface area contributed by atoms with Crippen LogP contribution in [-0.2, 0) is 34.0 Å². The summed E-state index contributed by atoms with van der Waals surface area (Å²) in [7, 11) is 3.08. The van der Waals surface area contributed by atoms with Crippen LogP contribution in [0.3, 0.4) is 0 Å². The quantitative estimate of drug-likeness (QED) is 0.131. The monoisotopic (exact) mass is 725 g/mol. The van der Waals surface area contributed by atoms with Gasteiger partial charge >= 0.3 is 5.97 Å². The van der Waals surface area contributed by atoms with Crippen molar-refractivity contribution in [2.45, 2.75) is 57.4 Å². The number of nitrogens with one attached hydrogen (secondary N) is 2. The highest BCUT2D eigenvalue weighted by Gasteiger charge is 2.32. The molecule has 264 valence electrons. The molecule has 3 heterocycles. The van der Waals surface area contributed by atoms with Gasteiger partial charge in [-0.1, -0.05) is 77.8 Å². The summed E-state index contributed by atoms with van der Waals surface area (Å²) in [6.45, 7) is 3.28. The van der Waals surface area contributed by atoms with E-state index in [9.17, 15) is 9.59 Å². The molecule has 2 aliphatic rings. The second kappa shape index (κ2) is 15.5. The molecule has 0 radical (unpaired) electrons. The second-order valence-corrected chi connectivity index (χ2v) is 14.0. The smallest absolute Gasteiger partial charge is 0.323 e. The van der Waals surface area contributed by atoms with Crippen LogP contribution in [0.15, 0.2) is 79.0 Å². The minimum atomic E-state index is -0.260. The van der Waals surface area contributed by atoms with Gasteiger partial charge in [-0.25, -0.2) is 0 Å². The molecule has 5 aromatic rings. The summed E-state index contributed by atoms with van der Waals surface area (Å²) in [5.41, 5.74) is 7.84. The van der Waals surface area contributed by atoms with Crippen LogP contribution in [0.25, 0.3) is 33.2 Å². The van der Waals surface area contributed by atoms with Crippen molar-refractivity contribution in [2.75, 3.05) is 27.3 Å². The molecule has 11 heteroatoms. The van der Waals surface area contributed by atoms with Gasteiger partial charge in [0.25, 0.3) is 0 Å². The summed E-state index contributed by atoms with van der Waals surface area (Å²) < 4.78 is 12.8. The Bertz CT molecular complexity index is 2060. The van der Waals surface area contributed by atoms with Crippen LogP contribution in [0.1, 0.15) is 42.4 Å². The Morgan fingerprint density at radius 3 is 2.51 bits per heavy atom. The van der Waals surface area contributed by atoms with Crippen LogP contribution < -0.4 is 15.4 Å². The molecule has 9 nitrogen and oxygen atoms in total. The largest absolute Gasteiger partial charge is 0.496 e. The minimum Gasteiger partial charge on any atom is -0.496 e. The molecular formula is C40H41Cl2N5O4. The van der Waals surface area contributed by atoms with Gasteiger partial charge < -0.3 is 20.1 Å². The van der Waals surface area contributed by atoms with Crippen molar-refractivity contribution in [3.8, 4) is 28.0 Å². The van der Waals surface area contributed by atoms with Gasteiger partial charge in [0.05, 0.1) is 37.5 Å². The van der Waals surface area contributed by atoms with Crippen molar-refractivity contribution >= 4 is 46.0 Å². The van der Waals surface area contributed by atoms with E-state index in [0.29, 0.717) is 35.3 Å². The molecule has 0 aliphatic carbocycles. The second-order valence-electron chi connectivity index (χ2n) is 13.2. The van der Waals surface area contributed by atoms with Gasteiger partial charge in [-0.15, -0.1) is 0 Å². The van der Waals surface area contributed by atoms with E-state index < -0.39 is 0 Å². The molecule has 0 saturated carbocycles. The van der Waals surface area contributed by atoms with E-state index in [1.165, 1.54) is 12.7 Å². The fraction of sp³-hybridized carbons (Fsp3) is 0.325. The number of halogens is 2. The Hall–Kier alpha value is -4.41. The van der Waals surface area contributed by atoms with E-state index in [4.69, 9.17) is 37.8 Å². The lowest BCUT2D eigenvalue weighted by atomic mass is 9.96. The van der Waals surface area contributed by atoms with Gasteiger partial charge in [0, 0.05) is 59.2 Å². The minimum absolute atomic E-state index is 0.134. The molecule has 2 N–H and O–H groups in total. The number of ether oxygens (including phenoxy) is 2. The summed E-state index contributed by atoms with van der Waals surface area (Å²) in [5.74, 6) is 0.641. The van der Waals surface area contributed by atoms with E-state index in [-0.39, 0.29) is 24.0 Å². The SMILES string of the molecule is COC(=O)[C@@H]1CCCN1Cc1cc(Cl)c(Cn2ncc3c(-c4cccc(-c5ccc(CNC[C@@H]6CCC(=O)N6)cc5)c4Cl)cccc32)cc1OC. The topological polar surface area (TPSA) is 97.7 Å². The fourth-order valence-corrected chi connectivity index (χ4v) is 7.90. The van der Waals surface area contributed by atoms with Gasteiger partial charge in [0.1, 0.15) is 11.8 Å². The first-order valence-corrected chi connectivity index (χ1v) is 18.1. The van der Waals surface area contributed by atoms with Gasteiger partial charge in [0.15, 0.2) is 0 Å². The maximum atomic E-state index is 12.3. The molecule has 2 atom stereocenters. The van der Waals surface area contributed by atoms with E-state index in [1.807, 2.05) is 47.3 Å². The van der Waals surface area contributed by atoms with Crippen molar-refractivity contribution in [1.82, 2.24) is 25.3 Å². The Labute approximate surface area is 307 Å². The van der Waals surface area contributed by atoms with Crippen molar-refractivity contribution in [1.29, 1.82) is 0 Å². The zero-order chi connectivity index (χ0) is 35.5. The molecule has 0 spiro atoms. The number of fused-ring (bicyclic) bond motifs is 1.